The minimum absolute atomic E-state index is 0.279. The second kappa shape index (κ2) is 4.16. The summed E-state index contributed by atoms with van der Waals surface area (Å²) in [5.41, 5.74) is 3.71. The van der Waals surface area contributed by atoms with Crippen LogP contribution in [0.25, 0.3) is 0 Å². The standard InChI is InChI=1S/C13H17NO2/c1-8-4-3-5-11-10(7-14-12(8)11)6-9(2)13(15)16/h3-5,9-10,14H,6-7H2,1-2H3,(H,15,16). The summed E-state index contributed by atoms with van der Waals surface area (Å²) in [7, 11) is 0. The van der Waals surface area contributed by atoms with Crippen molar-refractivity contribution < 1.29 is 9.90 Å². The minimum atomic E-state index is -0.707. The van der Waals surface area contributed by atoms with E-state index in [0.29, 0.717) is 12.3 Å². The molecule has 16 heavy (non-hydrogen) atoms. The summed E-state index contributed by atoms with van der Waals surface area (Å²) in [5, 5.41) is 12.3. The molecule has 3 heteroatoms. The highest BCUT2D eigenvalue weighted by atomic mass is 16.4. The predicted octanol–water partition coefficient (Wildman–Crippen LogP) is 2.61. The molecule has 3 nitrogen and oxygen atoms in total. The van der Waals surface area contributed by atoms with Gasteiger partial charge in [0, 0.05) is 18.2 Å². The zero-order valence-electron chi connectivity index (χ0n) is 9.66. The van der Waals surface area contributed by atoms with Gasteiger partial charge in [-0.15, -0.1) is 0 Å². The summed E-state index contributed by atoms with van der Waals surface area (Å²) < 4.78 is 0. The van der Waals surface area contributed by atoms with E-state index < -0.39 is 5.97 Å². The summed E-state index contributed by atoms with van der Waals surface area (Å²) in [5.74, 6) is -0.652. The monoisotopic (exact) mass is 219 g/mol. The maximum absolute atomic E-state index is 10.8. The van der Waals surface area contributed by atoms with Gasteiger partial charge in [0.2, 0.25) is 0 Å². The van der Waals surface area contributed by atoms with Crippen LogP contribution in [0.3, 0.4) is 0 Å². The highest BCUT2D eigenvalue weighted by Gasteiger charge is 2.26. The van der Waals surface area contributed by atoms with Crippen molar-refractivity contribution in [3.05, 3.63) is 29.3 Å². The normalized spacial score (nSPS) is 20.0. The number of rotatable bonds is 3. The Hall–Kier alpha value is -1.51. The number of nitrogens with one attached hydrogen (secondary N) is 1. The molecule has 2 unspecified atom stereocenters. The van der Waals surface area contributed by atoms with Crippen molar-refractivity contribution in [3.8, 4) is 0 Å². The molecule has 1 aromatic rings. The van der Waals surface area contributed by atoms with Crippen LogP contribution in [-0.2, 0) is 4.79 Å². The molecule has 1 aliphatic heterocycles. The minimum Gasteiger partial charge on any atom is -0.481 e. The molecule has 0 saturated heterocycles. The Morgan fingerprint density at radius 1 is 1.62 bits per heavy atom. The summed E-state index contributed by atoms with van der Waals surface area (Å²) in [6, 6.07) is 6.22. The first-order chi connectivity index (χ1) is 7.59. The Kier molecular flexibility index (Phi) is 2.86. The molecule has 86 valence electrons. The molecule has 0 saturated carbocycles. The average molecular weight is 219 g/mol. The van der Waals surface area contributed by atoms with Gasteiger partial charge in [-0.3, -0.25) is 4.79 Å². The third-order valence-electron chi connectivity index (χ3n) is 3.33. The Labute approximate surface area is 95.5 Å². The lowest BCUT2D eigenvalue weighted by Gasteiger charge is -2.13. The van der Waals surface area contributed by atoms with Crippen molar-refractivity contribution in [2.75, 3.05) is 11.9 Å². The quantitative estimate of drug-likeness (QED) is 0.821. The summed E-state index contributed by atoms with van der Waals surface area (Å²) in [6.07, 6.45) is 0.707. The fraction of sp³-hybridized carbons (Fsp3) is 0.462. The Bertz CT molecular complexity index is 414. The molecular weight excluding hydrogens is 202 g/mol. The predicted molar refractivity (Wildman–Crippen MR) is 63.8 cm³/mol. The van der Waals surface area contributed by atoms with Gasteiger partial charge in [0.25, 0.3) is 0 Å². The molecule has 2 atom stereocenters. The molecule has 2 N–H and O–H groups in total. The molecule has 0 aromatic heterocycles. The van der Waals surface area contributed by atoms with E-state index in [1.807, 2.05) is 6.07 Å². The molecule has 0 bridgehead atoms. The Morgan fingerprint density at radius 2 is 2.38 bits per heavy atom. The zero-order valence-corrected chi connectivity index (χ0v) is 9.66. The van der Waals surface area contributed by atoms with Gasteiger partial charge >= 0.3 is 5.97 Å². The van der Waals surface area contributed by atoms with Crippen molar-refractivity contribution in [2.24, 2.45) is 5.92 Å². The van der Waals surface area contributed by atoms with Crippen LogP contribution in [0, 0.1) is 12.8 Å². The maximum atomic E-state index is 10.8. The lowest BCUT2D eigenvalue weighted by Crippen LogP contribution is -2.14. The van der Waals surface area contributed by atoms with Crippen LogP contribution in [-0.4, -0.2) is 17.6 Å². The molecule has 0 radical (unpaired) electrons. The molecule has 0 spiro atoms. The third-order valence-corrected chi connectivity index (χ3v) is 3.33. The number of anilines is 1. The second-order valence-electron chi connectivity index (χ2n) is 4.59. The first-order valence-corrected chi connectivity index (χ1v) is 5.65. The summed E-state index contributed by atoms with van der Waals surface area (Å²) in [6.45, 7) is 4.71. The molecule has 0 aliphatic carbocycles. The molecular formula is C13H17NO2. The number of carbonyl (C=O) groups is 1. The number of aliphatic carboxylic acids is 1. The van der Waals surface area contributed by atoms with Crippen LogP contribution >= 0.6 is 0 Å². The van der Waals surface area contributed by atoms with Crippen LogP contribution in [0.15, 0.2) is 18.2 Å². The Morgan fingerprint density at radius 3 is 3.06 bits per heavy atom. The fourth-order valence-corrected chi connectivity index (χ4v) is 2.35. The van der Waals surface area contributed by atoms with Crippen molar-refractivity contribution in [1.82, 2.24) is 0 Å². The van der Waals surface area contributed by atoms with Crippen molar-refractivity contribution >= 4 is 11.7 Å². The van der Waals surface area contributed by atoms with E-state index in [-0.39, 0.29) is 5.92 Å². The van der Waals surface area contributed by atoms with Gasteiger partial charge in [0.1, 0.15) is 0 Å². The number of carboxylic acids is 1. The largest absolute Gasteiger partial charge is 0.481 e. The smallest absolute Gasteiger partial charge is 0.306 e. The highest BCUT2D eigenvalue weighted by Crippen LogP contribution is 2.37. The molecule has 0 amide bonds. The molecule has 1 heterocycles. The van der Waals surface area contributed by atoms with E-state index in [9.17, 15) is 4.79 Å². The van der Waals surface area contributed by atoms with E-state index in [2.05, 4.69) is 24.4 Å². The first kappa shape index (κ1) is 11.0. The number of carboxylic acid groups (broad SMARTS) is 1. The van der Waals surface area contributed by atoms with Gasteiger partial charge in [-0.25, -0.2) is 0 Å². The van der Waals surface area contributed by atoms with Gasteiger partial charge in [0.15, 0.2) is 0 Å². The van der Waals surface area contributed by atoms with Crippen LogP contribution in [0.5, 0.6) is 0 Å². The van der Waals surface area contributed by atoms with Gasteiger partial charge in [-0.1, -0.05) is 25.1 Å². The number of hydrogen-bond donors (Lipinski definition) is 2. The maximum Gasteiger partial charge on any atom is 0.306 e. The summed E-state index contributed by atoms with van der Waals surface area (Å²) in [4.78, 5) is 10.8. The zero-order chi connectivity index (χ0) is 11.7. The Balaban J connectivity index is 2.18. The SMILES string of the molecule is Cc1cccc2c1NCC2CC(C)C(=O)O. The van der Waals surface area contributed by atoms with E-state index in [4.69, 9.17) is 5.11 Å². The molecule has 0 fully saturated rings. The highest BCUT2D eigenvalue weighted by molar-refractivity contribution is 5.70. The number of para-hydroxylation sites is 1. The topological polar surface area (TPSA) is 49.3 Å². The lowest BCUT2D eigenvalue weighted by molar-refractivity contribution is -0.141. The van der Waals surface area contributed by atoms with Crippen molar-refractivity contribution in [1.29, 1.82) is 0 Å². The second-order valence-corrected chi connectivity index (χ2v) is 4.59. The van der Waals surface area contributed by atoms with E-state index in [1.54, 1.807) is 6.92 Å². The van der Waals surface area contributed by atoms with Crippen LogP contribution < -0.4 is 5.32 Å². The molecule has 2 rings (SSSR count). The molecule has 1 aromatic carbocycles. The molecule has 1 aliphatic rings. The van der Waals surface area contributed by atoms with Crippen molar-refractivity contribution in [2.45, 2.75) is 26.2 Å². The fourth-order valence-electron chi connectivity index (χ4n) is 2.35. The van der Waals surface area contributed by atoms with E-state index >= 15 is 0 Å². The van der Waals surface area contributed by atoms with Gasteiger partial charge in [-0.05, 0) is 24.5 Å². The third kappa shape index (κ3) is 1.90. The number of aryl methyl sites for hydroxylation is 1. The van der Waals surface area contributed by atoms with Crippen molar-refractivity contribution in [3.63, 3.8) is 0 Å². The number of benzene rings is 1. The van der Waals surface area contributed by atoms with Crippen LogP contribution in [0.1, 0.15) is 30.4 Å². The van der Waals surface area contributed by atoms with E-state index in [1.165, 1.54) is 16.8 Å². The lowest BCUT2D eigenvalue weighted by atomic mass is 9.90. The van der Waals surface area contributed by atoms with Crippen LogP contribution in [0.4, 0.5) is 5.69 Å². The van der Waals surface area contributed by atoms with E-state index in [0.717, 1.165) is 6.54 Å². The first-order valence-electron chi connectivity index (χ1n) is 5.65. The van der Waals surface area contributed by atoms with Crippen LogP contribution in [0.2, 0.25) is 0 Å². The van der Waals surface area contributed by atoms with Gasteiger partial charge in [0.05, 0.1) is 5.92 Å². The number of fused-ring (bicyclic) bond motifs is 1. The summed E-state index contributed by atoms with van der Waals surface area (Å²) >= 11 is 0. The van der Waals surface area contributed by atoms with Gasteiger partial charge in [-0.2, -0.15) is 0 Å². The number of hydrogen-bond acceptors (Lipinski definition) is 2. The average Bonchev–Trinajstić information content (AvgIpc) is 2.63. The van der Waals surface area contributed by atoms with Gasteiger partial charge < -0.3 is 10.4 Å².